The zero-order valence-electron chi connectivity index (χ0n) is 12.3. The molecule has 1 amide bonds. The summed E-state index contributed by atoms with van der Waals surface area (Å²) < 4.78 is 5.64. The highest BCUT2D eigenvalue weighted by Crippen LogP contribution is 2.32. The molecule has 3 atom stereocenters. The molecule has 2 saturated heterocycles. The Balaban J connectivity index is 1.93. The first-order chi connectivity index (χ1) is 9.58. The SMILES string of the molecule is Cc1ccc(C2NCC(=O)N2C2CCOC2C)c(C)c1. The molecule has 20 heavy (non-hydrogen) atoms. The van der Waals surface area contributed by atoms with E-state index >= 15 is 0 Å². The molecular formula is C16H22N2O2. The first-order valence-corrected chi connectivity index (χ1v) is 7.31. The summed E-state index contributed by atoms with van der Waals surface area (Å²) in [7, 11) is 0. The molecule has 2 fully saturated rings. The minimum atomic E-state index is -0.0164. The summed E-state index contributed by atoms with van der Waals surface area (Å²) >= 11 is 0. The van der Waals surface area contributed by atoms with Crippen molar-refractivity contribution in [1.29, 1.82) is 0 Å². The first-order valence-electron chi connectivity index (χ1n) is 7.31. The molecule has 0 spiro atoms. The van der Waals surface area contributed by atoms with Crippen molar-refractivity contribution in [3.05, 3.63) is 34.9 Å². The van der Waals surface area contributed by atoms with Crippen LogP contribution in [-0.2, 0) is 9.53 Å². The fourth-order valence-electron chi connectivity index (χ4n) is 3.37. The van der Waals surface area contributed by atoms with Crippen LogP contribution in [0.2, 0.25) is 0 Å². The van der Waals surface area contributed by atoms with Gasteiger partial charge in [0.05, 0.1) is 18.7 Å². The predicted molar refractivity (Wildman–Crippen MR) is 77.3 cm³/mol. The lowest BCUT2D eigenvalue weighted by Crippen LogP contribution is -2.43. The minimum absolute atomic E-state index is 0.0164. The van der Waals surface area contributed by atoms with E-state index in [2.05, 4.69) is 44.3 Å². The number of benzene rings is 1. The number of ether oxygens (including phenoxy) is 1. The van der Waals surface area contributed by atoms with Crippen LogP contribution in [-0.4, -0.2) is 36.1 Å². The topological polar surface area (TPSA) is 41.6 Å². The molecule has 1 N–H and O–H groups in total. The number of nitrogens with one attached hydrogen (secondary N) is 1. The van der Waals surface area contributed by atoms with Gasteiger partial charge in [0, 0.05) is 6.61 Å². The van der Waals surface area contributed by atoms with E-state index in [4.69, 9.17) is 4.74 Å². The summed E-state index contributed by atoms with van der Waals surface area (Å²) in [6.45, 7) is 7.42. The summed E-state index contributed by atoms with van der Waals surface area (Å²) in [6.07, 6.45) is 1.03. The second-order valence-corrected chi connectivity index (χ2v) is 5.88. The maximum atomic E-state index is 12.3. The lowest BCUT2D eigenvalue weighted by Gasteiger charge is -2.32. The summed E-state index contributed by atoms with van der Waals surface area (Å²) in [4.78, 5) is 14.3. The maximum Gasteiger partial charge on any atom is 0.238 e. The third kappa shape index (κ3) is 2.23. The van der Waals surface area contributed by atoms with Gasteiger partial charge in [-0.2, -0.15) is 0 Å². The van der Waals surface area contributed by atoms with Crippen molar-refractivity contribution in [3.8, 4) is 0 Å². The molecule has 3 rings (SSSR count). The molecule has 0 aromatic heterocycles. The molecule has 0 bridgehead atoms. The van der Waals surface area contributed by atoms with E-state index < -0.39 is 0 Å². The standard InChI is InChI=1S/C16H22N2O2/c1-10-4-5-13(11(2)8-10)16-17-9-15(19)18(16)14-6-7-20-12(14)3/h4-5,8,12,14,16-17H,6-7,9H2,1-3H3. The fourth-order valence-corrected chi connectivity index (χ4v) is 3.37. The van der Waals surface area contributed by atoms with Crippen molar-refractivity contribution in [1.82, 2.24) is 10.2 Å². The van der Waals surface area contributed by atoms with Crippen molar-refractivity contribution in [3.63, 3.8) is 0 Å². The zero-order chi connectivity index (χ0) is 14.3. The Labute approximate surface area is 120 Å². The van der Waals surface area contributed by atoms with Gasteiger partial charge < -0.3 is 9.64 Å². The highest BCUT2D eigenvalue weighted by molar-refractivity contribution is 5.81. The lowest BCUT2D eigenvalue weighted by atomic mass is 10.0. The number of hydrogen-bond donors (Lipinski definition) is 1. The number of nitrogens with zero attached hydrogens (tertiary/aromatic N) is 1. The van der Waals surface area contributed by atoms with Crippen molar-refractivity contribution in [2.75, 3.05) is 13.2 Å². The third-order valence-corrected chi connectivity index (χ3v) is 4.43. The Morgan fingerprint density at radius 2 is 2.15 bits per heavy atom. The van der Waals surface area contributed by atoms with Gasteiger partial charge in [-0.15, -0.1) is 0 Å². The van der Waals surface area contributed by atoms with Gasteiger partial charge in [0.1, 0.15) is 6.17 Å². The molecule has 1 aromatic rings. The molecular weight excluding hydrogens is 252 g/mol. The fraction of sp³-hybridized carbons (Fsp3) is 0.562. The molecule has 1 aromatic carbocycles. The van der Waals surface area contributed by atoms with Crippen LogP contribution in [0.1, 0.15) is 36.2 Å². The van der Waals surface area contributed by atoms with Crippen LogP contribution in [0.4, 0.5) is 0 Å². The van der Waals surface area contributed by atoms with Crippen molar-refractivity contribution in [2.24, 2.45) is 0 Å². The van der Waals surface area contributed by atoms with E-state index in [1.165, 1.54) is 16.7 Å². The third-order valence-electron chi connectivity index (χ3n) is 4.43. The molecule has 4 heteroatoms. The van der Waals surface area contributed by atoms with Crippen LogP contribution in [0, 0.1) is 13.8 Å². The zero-order valence-corrected chi connectivity index (χ0v) is 12.3. The second kappa shape index (κ2) is 5.19. The van der Waals surface area contributed by atoms with Crippen LogP contribution in [0.5, 0.6) is 0 Å². The Bertz CT molecular complexity index is 529. The summed E-state index contributed by atoms with van der Waals surface area (Å²) in [5, 5.41) is 3.35. The van der Waals surface area contributed by atoms with Gasteiger partial charge in [0.25, 0.3) is 0 Å². The minimum Gasteiger partial charge on any atom is -0.376 e. The Kier molecular flexibility index (Phi) is 3.52. The van der Waals surface area contributed by atoms with Crippen LogP contribution in [0.3, 0.4) is 0 Å². The largest absolute Gasteiger partial charge is 0.376 e. The van der Waals surface area contributed by atoms with Crippen molar-refractivity contribution >= 4 is 5.91 Å². The van der Waals surface area contributed by atoms with Gasteiger partial charge in [-0.05, 0) is 38.3 Å². The van der Waals surface area contributed by atoms with E-state index in [1.807, 2.05) is 4.90 Å². The van der Waals surface area contributed by atoms with E-state index in [0.717, 1.165) is 13.0 Å². The summed E-state index contributed by atoms with van der Waals surface area (Å²) in [6, 6.07) is 6.60. The first kappa shape index (κ1) is 13.6. The van der Waals surface area contributed by atoms with Gasteiger partial charge >= 0.3 is 0 Å². The monoisotopic (exact) mass is 274 g/mol. The Hall–Kier alpha value is -1.39. The predicted octanol–water partition coefficient (Wildman–Crippen LogP) is 1.91. The van der Waals surface area contributed by atoms with Gasteiger partial charge in [-0.3, -0.25) is 10.1 Å². The average Bonchev–Trinajstić information content (AvgIpc) is 2.96. The van der Waals surface area contributed by atoms with Crippen molar-refractivity contribution < 1.29 is 9.53 Å². The van der Waals surface area contributed by atoms with Crippen molar-refractivity contribution in [2.45, 2.75) is 45.5 Å². The molecule has 2 aliphatic heterocycles. The van der Waals surface area contributed by atoms with E-state index in [1.54, 1.807) is 0 Å². The summed E-state index contributed by atoms with van der Waals surface area (Å²) in [5.41, 5.74) is 3.68. The molecule has 0 saturated carbocycles. The smallest absolute Gasteiger partial charge is 0.238 e. The van der Waals surface area contributed by atoms with Crippen LogP contribution >= 0.6 is 0 Å². The second-order valence-electron chi connectivity index (χ2n) is 5.88. The maximum absolute atomic E-state index is 12.3. The van der Waals surface area contributed by atoms with E-state index in [-0.39, 0.29) is 24.2 Å². The van der Waals surface area contributed by atoms with Gasteiger partial charge in [-0.1, -0.05) is 23.8 Å². The highest BCUT2D eigenvalue weighted by atomic mass is 16.5. The normalized spacial score (nSPS) is 30.2. The highest BCUT2D eigenvalue weighted by Gasteiger charge is 2.41. The number of amides is 1. The number of hydrogen-bond acceptors (Lipinski definition) is 3. The van der Waals surface area contributed by atoms with Gasteiger partial charge in [0.2, 0.25) is 5.91 Å². The molecule has 0 radical (unpaired) electrons. The van der Waals surface area contributed by atoms with Crippen LogP contribution < -0.4 is 5.32 Å². The lowest BCUT2D eigenvalue weighted by molar-refractivity contribution is -0.131. The van der Waals surface area contributed by atoms with Gasteiger partial charge in [0.15, 0.2) is 0 Å². The molecule has 0 aliphatic carbocycles. The average molecular weight is 274 g/mol. The van der Waals surface area contributed by atoms with E-state index in [0.29, 0.717) is 6.54 Å². The van der Waals surface area contributed by atoms with E-state index in [9.17, 15) is 4.79 Å². The van der Waals surface area contributed by atoms with Crippen LogP contribution in [0.25, 0.3) is 0 Å². The molecule has 4 nitrogen and oxygen atoms in total. The number of carbonyl (C=O) groups excluding carboxylic acids is 1. The molecule has 3 unspecified atom stereocenters. The Morgan fingerprint density at radius 1 is 1.35 bits per heavy atom. The quantitative estimate of drug-likeness (QED) is 0.895. The molecule has 2 aliphatic rings. The molecule has 108 valence electrons. The summed E-state index contributed by atoms with van der Waals surface area (Å²) in [5.74, 6) is 0.178. The van der Waals surface area contributed by atoms with Crippen LogP contribution in [0.15, 0.2) is 18.2 Å². The molecule has 2 heterocycles. The Morgan fingerprint density at radius 3 is 2.80 bits per heavy atom. The number of carbonyl (C=O) groups is 1. The number of aryl methyl sites for hydroxylation is 2. The number of rotatable bonds is 2. The van der Waals surface area contributed by atoms with Gasteiger partial charge in [-0.25, -0.2) is 0 Å².